The molecule has 0 saturated heterocycles. The van der Waals surface area contributed by atoms with Crippen molar-refractivity contribution in [3.05, 3.63) is 70.4 Å². The number of rotatable bonds is 9. The fourth-order valence-corrected chi connectivity index (χ4v) is 4.24. The zero-order valence-electron chi connectivity index (χ0n) is 19.3. The molecule has 0 bridgehead atoms. The first-order valence-corrected chi connectivity index (χ1v) is 11.7. The summed E-state index contributed by atoms with van der Waals surface area (Å²) in [5.41, 5.74) is 2.12. The fraction of sp³-hybridized carbons (Fsp3) is 0.280. The molecule has 1 aromatic heterocycles. The number of thioether (sulfide) groups is 1. The minimum absolute atomic E-state index is 0.289. The Hall–Kier alpha value is -2.78. The summed E-state index contributed by atoms with van der Waals surface area (Å²) >= 11 is 7.35. The molecular formula is C25H27ClN2O5S. The van der Waals surface area contributed by atoms with Crippen LogP contribution < -0.4 is 9.47 Å². The lowest BCUT2D eigenvalue weighted by molar-refractivity contribution is -0.0446. The van der Waals surface area contributed by atoms with E-state index >= 15 is 0 Å². The maximum atomic E-state index is 11.1. The van der Waals surface area contributed by atoms with Gasteiger partial charge in [0.1, 0.15) is 45.3 Å². The van der Waals surface area contributed by atoms with Crippen LogP contribution in [0.4, 0.5) is 0 Å². The molecule has 2 aromatic carbocycles. The van der Waals surface area contributed by atoms with Crippen molar-refractivity contribution in [2.45, 2.75) is 26.1 Å². The molecule has 0 fully saturated rings. The van der Waals surface area contributed by atoms with Crippen LogP contribution >= 0.6 is 23.4 Å². The average Bonchev–Trinajstić information content (AvgIpc) is 3.32. The van der Waals surface area contributed by atoms with Crippen molar-refractivity contribution in [3.63, 3.8) is 0 Å². The van der Waals surface area contributed by atoms with E-state index in [2.05, 4.69) is 0 Å². The molecule has 0 saturated carbocycles. The summed E-state index contributed by atoms with van der Waals surface area (Å²) < 4.78 is 22.5. The van der Waals surface area contributed by atoms with Crippen LogP contribution in [-0.2, 0) is 4.74 Å². The largest absolute Gasteiger partial charge is 0.495 e. The van der Waals surface area contributed by atoms with Gasteiger partial charge in [-0.15, -0.1) is 0 Å². The van der Waals surface area contributed by atoms with Gasteiger partial charge in [-0.05, 0) is 43.7 Å². The van der Waals surface area contributed by atoms with Crippen LogP contribution in [0.3, 0.4) is 0 Å². The number of nitrogens with one attached hydrogen (secondary N) is 2. The highest BCUT2D eigenvalue weighted by atomic mass is 35.5. The second-order valence-corrected chi connectivity index (χ2v) is 8.93. The smallest absolute Gasteiger partial charge is 0.142 e. The van der Waals surface area contributed by atoms with Crippen molar-refractivity contribution in [3.8, 4) is 22.8 Å². The van der Waals surface area contributed by atoms with E-state index in [1.165, 1.54) is 14.2 Å². The normalized spacial score (nSPS) is 12.8. The molecule has 34 heavy (non-hydrogen) atoms. The van der Waals surface area contributed by atoms with Gasteiger partial charge in [0.25, 0.3) is 0 Å². The van der Waals surface area contributed by atoms with E-state index in [1.54, 1.807) is 43.3 Å². The lowest BCUT2D eigenvalue weighted by atomic mass is 10.0. The Balaban J connectivity index is 1.87. The summed E-state index contributed by atoms with van der Waals surface area (Å²) in [5, 5.41) is 27.7. The topological polar surface area (TPSA) is 109 Å². The minimum atomic E-state index is -1.06. The van der Waals surface area contributed by atoms with E-state index in [1.807, 2.05) is 19.1 Å². The molecule has 0 amide bonds. The SMILES string of the molecule is CCOC(c1ccc(C(=N)SC(C)=N)cc1)C(O)c1ccc(-c2cc(OC)c(Cl)c(OC)c2)o1. The molecule has 1 heterocycles. The molecule has 9 heteroatoms. The maximum absolute atomic E-state index is 11.1. The molecule has 0 spiro atoms. The van der Waals surface area contributed by atoms with Crippen LogP contribution in [0.1, 0.15) is 42.9 Å². The van der Waals surface area contributed by atoms with Crippen molar-refractivity contribution >= 4 is 33.5 Å². The Morgan fingerprint density at radius 2 is 1.68 bits per heavy atom. The van der Waals surface area contributed by atoms with Gasteiger partial charge in [-0.1, -0.05) is 47.6 Å². The van der Waals surface area contributed by atoms with Gasteiger partial charge >= 0.3 is 0 Å². The summed E-state index contributed by atoms with van der Waals surface area (Å²) in [6, 6.07) is 14.1. The van der Waals surface area contributed by atoms with Gasteiger partial charge in [0.05, 0.1) is 19.3 Å². The van der Waals surface area contributed by atoms with Gasteiger partial charge in [-0.3, -0.25) is 10.8 Å². The van der Waals surface area contributed by atoms with Gasteiger partial charge in [-0.2, -0.15) is 0 Å². The number of aliphatic hydroxyl groups is 1. The molecule has 0 aliphatic rings. The van der Waals surface area contributed by atoms with Crippen LogP contribution in [0.2, 0.25) is 5.02 Å². The number of furan rings is 1. The molecule has 2 unspecified atom stereocenters. The number of benzene rings is 2. The van der Waals surface area contributed by atoms with Crippen molar-refractivity contribution in [2.75, 3.05) is 20.8 Å². The van der Waals surface area contributed by atoms with Crippen molar-refractivity contribution in [2.24, 2.45) is 0 Å². The summed E-state index contributed by atoms with van der Waals surface area (Å²) in [7, 11) is 3.04. The second-order valence-electron chi connectivity index (χ2n) is 7.33. The van der Waals surface area contributed by atoms with E-state index < -0.39 is 12.2 Å². The molecule has 3 aromatic rings. The van der Waals surface area contributed by atoms with Gasteiger partial charge in [0.2, 0.25) is 0 Å². The Labute approximate surface area is 208 Å². The zero-order valence-corrected chi connectivity index (χ0v) is 20.9. The number of methoxy groups -OCH3 is 2. The maximum Gasteiger partial charge on any atom is 0.142 e. The predicted octanol–water partition coefficient (Wildman–Crippen LogP) is 6.48. The van der Waals surface area contributed by atoms with Crippen LogP contribution in [0, 0.1) is 10.8 Å². The summed E-state index contributed by atoms with van der Waals surface area (Å²) in [6.45, 7) is 3.89. The van der Waals surface area contributed by atoms with Crippen LogP contribution in [0.25, 0.3) is 11.3 Å². The Morgan fingerprint density at radius 1 is 1.06 bits per heavy atom. The lowest BCUT2D eigenvalue weighted by Crippen LogP contribution is -2.14. The Bertz CT molecular complexity index is 1140. The fourth-order valence-electron chi connectivity index (χ4n) is 3.41. The first kappa shape index (κ1) is 25.8. The van der Waals surface area contributed by atoms with E-state index in [-0.39, 0.29) is 5.04 Å². The number of hydrogen-bond acceptors (Lipinski definition) is 8. The highest BCUT2D eigenvalue weighted by Gasteiger charge is 2.27. The molecule has 3 N–H and O–H groups in total. The first-order valence-electron chi connectivity index (χ1n) is 10.5. The van der Waals surface area contributed by atoms with Crippen molar-refractivity contribution in [1.29, 1.82) is 10.8 Å². The molecule has 0 radical (unpaired) electrons. The predicted molar refractivity (Wildman–Crippen MR) is 136 cm³/mol. The zero-order chi connectivity index (χ0) is 24.8. The van der Waals surface area contributed by atoms with Crippen LogP contribution in [-0.4, -0.2) is 36.0 Å². The highest BCUT2D eigenvalue weighted by molar-refractivity contribution is 8.26. The number of aliphatic hydroxyl groups excluding tert-OH is 1. The molecule has 3 rings (SSSR count). The van der Waals surface area contributed by atoms with Gasteiger partial charge < -0.3 is 23.7 Å². The summed E-state index contributed by atoms with van der Waals surface area (Å²) in [6.07, 6.45) is -1.73. The van der Waals surface area contributed by atoms with E-state index in [4.69, 9.17) is 41.0 Å². The van der Waals surface area contributed by atoms with Gasteiger partial charge in [0, 0.05) is 17.7 Å². The van der Waals surface area contributed by atoms with Gasteiger partial charge in [-0.25, -0.2) is 0 Å². The number of ether oxygens (including phenoxy) is 3. The van der Waals surface area contributed by atoms with Crippen molar-refractivity contribution in [1.82, 2.24) is 0 Å². The van der Waals surface area contributed by atoms with Crippen LogP contribution in [0.15, 0.2) is 52.9 Å². The quantitative estimate of drug-likeness (QED) is 0.228. The van der Waals surface area contributed by atoms with E-state index in [0.717, 1.165) is 17.3 Å². The van der Waals surface area contributed by atoms with E-state index in [9.17, 15) is 5.11 Å². The third kappa shape index (κ3) is 5.82. The highest BCUT2D eigenvalue weighted by Crippen LogP contribution is 2.40. The van der Waals surface area contributed by atoms with Crippen LogP contribution in [0.5, 0.6) is 11.5 Å². The average molecular weight is 503 g/mol. The Kier molecular flexibility index (Phi) is 8.79. The van der Waals surface area contributed by atoms with Crippen molar-refractivity contribution < 1.29 is 23.7 Å². The molecule has 180 valence electrons. The van der Waals surface area contributed by atoms with Gasteiger partial charge in [0.15, 0.2) is 0 Å². The summed E-state index contributed by atoms with van der Waals surface area (Å²) in [5.74, 6) is 1.75. The minimum Gasteiger partial charge on any atom is -0.495 e. The lowest BCUT2D eigenvalue weighted by Gasteiger charge is -2.22. The summed E-state index contributed by atoms with van der Waals surface area (Å²) in [4.78, 5) is 0. The third-order valence-corrected chi connectivity index (χ3v) is 6.16. The van der Waals surface area contributed by atoms with E-state index in [0.29, 0.717) is 50.8 Å². The second kappa shape index (κ2) is 11.6. The Morgan fingerprint density at radius 3 is 2.21 bits per heavy atom. The molecule has 0 aliphatic heterocycles. The standard InChI is InChI=1S/C25H27ClN2O5S/c1-5-32-24(15-6-8-16(9-7-15)25(28)34-14(2)27)23(29)19-11-10-18(33-19)17-12-20(30-3)22(26)21(13-17)31-4/h6-13,23-24,27-29H,5H2,1-4H3. The molecular weight excluding hydrogens is 476 g/mol. The molecule has 0 aliphatic carbocycles. The number of halogens is 1. The first-order chi connectivity index (χ1) is 16.3. The molecule has 7 nitrogen and oxygen atoms in total. The number of hydrogen-bond donors (Lipinski definition) is 3. The third-order valence-electron chi connectivity index (χ3n) is 5.04. The monoisotopic (exact) mass is 502 g/mol. The molecule has 2 atom stereocenters.